The van der Waals surface area contributed by atoms with E-state index in [-0.39, 0.29) is 11.5 Å². The molecule has 0 atom stereocenters. The third-order valence-electron chi connectivity index (χ3n) is 4.68. The van der Waals surface area contributed by atoms with E-state index in [0.29, 0.717) is 52.1 Å². The van der Waals surface area contributed by atoms with Crippen molar-refractivity contribution in [3.05, 3.63) is 92.9 Å². The van der Waals surface area contributed by atoms with Gasteiger partial charge in [0.2, 0.25) is 0 Å². The largest absolute Gasteiger partial charge is 0.507 e. The molecule has 0 spiro atoms. The fourth-order valence-corrected chi connectivity index (χ4v) is 5.48. The Labute approximate surface area is 204 Å². The van der Waals surface area contributed by atoms with Gasteiger partial charge in [-0.25, -0.2) is 0 Å². The van der Waals surface area contributed by atoms with Crippen LogP contribution in [0.2, 0.25) is 20.1 Å². The van der Waals surface area contributed by atoms with Crippen molar-refractivity contribution in [2.45, 2.75) is 9.79 Å². The number of para-hydroxylation sites is 2. The Morgan fingerprint density at radius 1 is 0.516 bits per heavy atom. The highest BCUT2D eigenvalue weighted by Gasteiger charge is 2.20. The molecule has 0 aromatic heterocycles. The maximum atomic E-state index is 10.3. The molecule has 0 aliphatic heterocycles. The zero-order valence-corrected chi connectivity index (χ0v) is 19.6. The molecule has 0 aliphatic carbocycles. The molecular weight excluding hydrogens is 494 g/mol. The Kier molecular flexibility index (Phi) is 6.61. The standard InChI is InChI=1S/C24H14Cl4O2S/c25-15-9-11-19(23(27)21(15)13-5-1-3-7-17(13)29)31-20-12-10-16(26)22(24(20)28)14-6-2-4-8-18(14)30/h1-12,29-30H. The van der Waals surface area contributed by atoms with Gasteiger partial charge in [0.05, 0.1) is 20.1 Å². The first kappa shape index (κ1) is 22.2. The monoisotopic (exact) mass is 506 g/mol. The van der Waals surface area contributed by atoms with Crippen molar-refractivity contribution in [3.63, 3.8) is 0 Å². The van der Waals surface area contributed by atoms with Crippen molar-refractivity contribution in [3.8, 4) is 33.8 Å². The fourth-order valence-electron chi connectivity index (χ4n) is 3.21. The van der Waals surface area contributed by atoms with Crippen LogP contribution in [0, 0.1) is 0 Å². The van der Waals surface area contributed by atoms with Crippen LogP contribution < -0.4 is 0 Å². The first-order valence-corrected chi connectivity index (χ1v) is 11.4. The van der Waals surface area contributed by atoms with Crippen LogP contribution in [0.5, 0.6) is 11.5 Å². The van der Waals surface area contributed by atoms with E-state index >= 15 is 0 Å². The first-order chi connectivity index (χ1) is 14.9. The summed E-state index contributed by atoms with van der Waals surface area (Å²) in [5, 5.41) is 22.2. The third-order valence-corrected chi connectivity index (χ3v) is 7.44. The van der Waals surface area contributed by atoms with Crippen LogP contribution in [0.25, 0.3) is 22.3 Å². The summed E-state index contributed by atoms with van der Waals surface area (Å²) in [6, 6.07) is 20.8. The average molecular weight is 508 g/mol. The van der Waals surface area contributed by atoms with E-state index in [0.717, 1.165) is 0 Å². The van der Waals surface area contributed by atoms with Gasteiger partial charge < -0.3 is 10.2 Å². The van der Waals surface area contributed by atoms with E-state index < -0.39 is 0 Å². The van der Waals surface area contributed by atoms with Crippen LogP contribution in [0.3, 0.4) is 0 Å². The van der Waals surface area contributed by atoms with Crippen molar-refractivity contribution in [1.29, 1.82) is 0 Å². The highest BCUT2D eigenvalue weighted by molar-refractivity contribution is 7.99. The summed E-state index contributed by atoms with van der Waals surface area (Å²) in [6.45, 7) is 0. The van der Waals surface area contributed by atoms with Crippen LogP contribution in [-0.2, 0) is 0 Å². The van der Waals surface area contributed by atoms with Crippen LogP contribution in [0.1, 0.15) is 0 Å². The van der Waals surface area contributed by atoms with Gasteiger partial charge in [0.1, 0.15) is 11.5 Å². The van der Waals surface area contributed by atoms with E-state index in [2.05, 4.69) is 0 Å². The van der Waals surface area contributed by atoms with Crippen LogP contribution >= 0.6 is 58.2 Å². The highest BCUT2D eigenvalue weighted by atomic mass is 35.5. The maximum absolute atomic E-state index is 10.3. The number of hydrogen-bond acceptors (Lipinski definition) is 3. The quantitative estimate of drug-likeness (QED) is 0.289. The van der Waals surface area contributed by atoms with E-state index in [1.807, 2.05) is 0 Å². The number of hydrogen-bond donors (Lipinski definition) is 2. The third kappa shape index (κ3) is 4.34. The van der Waals surface area contributed by atoms with Gasteiger partial charge in [-0.3, -0.25) is 0 Å². The molecule has 4 aromatic rings. The van der Waals surface area contributed by atoms with E-state index in [9.17, 15) is 10.2 Å². The number of aromatic hydroxyl groups is 2. The Balaban J connectivity index is 1.81. The van der Waals surface area contributed by atoms with E-state index in [1.54, 1.807) is 72.8 Å². The van der Waals surface area contributed by atoms with Gasteiger partial charge >= 0.3 is 0 Å². The molecule has 7 heteroatoms. The summed E-state index contributed by atoms with van der Waals surface area (Å²) < 4.78 is 0. The minimum atomic E-state index is 0.0832. The lowest BCUT2D eigenvalue weighted by molar-refractivity contribution is 0.477. The van der Waals surface area contributed by atoms with Gasteiger partial charge in [-0.1, -0.05) is 94.6 Å². The summed E-state index contributed by atoms with van der Waals surface area (Å²) in [7, 11) is 0. The maximum Gasteiger partial charge on any atom is 0.123 e. The molecule has 0 heterocycles. The first-order valence-electron chi connectivity index (χ1n) is 9.09. The number of halogens is 4. The van der Waals surface area contributed by atoms with Gasteiger partial charge in [-0.15, -0.1) is 0 Å². The number of rotatable bonds is 4. The molecule has 0 unspecified atom stereocenters. The number of benzene rings is 4. The Morgan fingerprint density at radius 2 is 0.903 bits per heavy atom. The van der Waals surface area contributed by atoms with Gasteiger partial charge in [-0.05, 0) is 36.4 Å². The normalized spacial score (nSPS) is 11.0. The Morgan fingerprint density at radius 3 is 1.29 bits per heavy atom. The minimum Gasteiger partial charge on any atom is -0.507 e. The smallest absolute Gasteiger partial charge is 0.123 e. The molecule has 0 radical (unpaired) electrons. The van der Waals surface area contributed by atoms with Crippen molar-refractivity contribution >= 4 is 58.2 Å². The summed E-state index contributed by atoms with van der Waals surface area (Å²) in [5.74, 6) is 0.166. The molecular formula is C24H14Cl4O2S. The second kappa shape index (κ2) is 9.23. The van der Waals surface area contributed by atoms with Crippen molar-refractivity contribution in [2.24, 2.45) is 0 Å². The minimum absolute atomic E-state index is 0.0832. The summed E-state index contributed by atoms with van der Waals surface area (Å²) in [6.07, 6.45) is 0. The molecule has 2 nitrogen and oxygen atoms in total. The molecule has 0 saturated carbocycles. The van der Waals surface area contributed by atoms with Gasteiger partial charge in [0, 0.05) is 32.0 Å². The van der Waals surface area contributed by atoms with Gasteiger partial charge in [0.25, 0.3) is 0 Å². The molecule has 0 saturated heterocycles. The van der Waals surface area contributed by atoms with Gasteiger partial charge in [0.15, 0.2) is 0 Å². The lowest BCUT2D eigenvalue weighted by Crippen LogP contribution is -1.88. The molecule has 31 heavy (non-hydrogen) atoms. The molecule has 2 N–H and O–H groups in total. The number of phenols is 2. The van der Waals surface area contributed by atoms with E-state index in [4.69, 9.17) is 46.4 Å². The zero-order chi connectivity index (χ0) is 22.1. The summed E-state index contributed by atoms with van der Waals surface area (Å²) in [4.78, 5) is 1.41. The van der Waals surface area contributed by atoms with Crippen molar-refractivity contribution < 1.29 is 10.2 Å². The molecule has 4 rings (SSSR count). The second-order valence-corrected chi connectivity index (χ2v) is 9.26. The van der Waals surface area contributed by atoms with Crippen LogP contribution in [0.15, 0.2) is 82.6 Å². The predicted octanol–water partition coefficient (Wildman–Crippen LogP) is 9.20. The summed E-state index contributed by atoms with van der Waals surface area (Å²) in [5.41, 5.74) is 2.16. The molecule has 0 bridgehead atoms. The average Bonchev–Trinajstić information content (AvgIpc) is 2.74. The summed E-state index contributed by atoms with van der Waals surface area (Å²) >= 11 is 27.6. The molecule has 0 fully saturated rings. The fraction of sp³-hybridized carbons (Fsp3) is 0. The van der Waals surface area contributed by atoms with Crippen molar-refractivity contribution in [2.75, 3.05) is 0 Å². The molecule has 0 amide bonds. The second-order valence-electron chi connectivity index (χ2n) is 6.61. The topological polar surface area (TPSA) is 40.5 Å². The number of phenolic OH excluding ortho intramolecular Hbond substituents is 2. The SMILES string of the molecule is Oc1ccccc1-c1c(Cl)ccc(Sc2ccc(Cl)c(-c3ccccc3O)c2Cl)c1Cl. The van der Waals surface area contributed by atoms with Crippen LogP contribution in [-0.4, -0.2) is 10.2 Å². The lowest BCUT2D eigenvalue weighted by atomic mass is 10.0. The molecule has 4 aromatic carbocycles. The highest BCUT2D eigenvalue weighted by Crippen LogP contribution is 2.49. The Bertz CT molecular complexity index is 1190. The lowest BCUT2D eigenvalue weighted by Gasteiger charge is -2.15. The van der Waals surface area contributed by atoms with Crippen LogP contribution in [0.4, 0.5) is 0 Å². The molecule has 156 valence electrons. The van der Waals surface area contributed by atoms with Gasteiger partial charge in [-0.2, -0.15) is 0 Å². The predicted molar refractivity (Wildman–Crippen MR) is 131 cm³/mol. The van der Waals surface area contributed by atoms with E-state index in [1.165, 1.54) is 11.8 Å². The van der Waals surface area contributed by atoms with Crippen molar-refractivity contribution in [1.82, 2.24) is 0 Å². The molecule has 0 aliphatic rings. The Hall–Kier alpha value is -2.01. The zero-order valence-electron chi connectivity index (χ0n) is 15.7.